The van der Waals surface area contributed by atoms with Crippen LogP contribution in [0.3, 0.4) is 0 Å². The van der Waals surface area contributed by atoms with E-state index in [4.69, 9.17) is 0 Å². The maximum absolute atomic E-state index is 12.9. The molecule has 0 saturated carbocycles. The first-order chi connectivity index (χ1) is 13.2. The smallest absolute Gasteiger partial charge is 0.263 e. The Bertz CT molecular complexity index is 1160. The van der Waals surface area contributed by atoms with Gasteiger partial charge in [-0.15, -0.1) is 22.7 Å². The van der Waals surface area contributed by atoms with Crippen molar-refractivity contribution < 1.29 is 4.79 Å². The van der Waals surface area contributed by atoms with Crippen molar-refractivity contribution in [2.24, 2.45) is 5.10 Å². The second-order valence-electron chi connectivity index (χ2n) is 5.68. The van der Waals surface area contributed by atoms with Gasteiger partial charge >= 0.3 is 0 Å². The van der Waals surface area contributed by atoms with Crippen LogP contribution in [0.5, 0.6) is 0 Å². The molecule has 0 aliphatic heterocycles. The second kappa shape index (κ2) is 7.65. The van der Waals surface area contributed by atoms with Gasteiger partial charge in [-0.05, 0) is 17.0 Å². The summed E-state index contributed by atoms with van der Waals surface area (Å²) >= 11 is 2.93. The Balaban J connectivity index is 1.58. The summed E-state index contributed by atoms with van der Waals surface area (Å²) in [5, 5.41) is 8.29. The highest BCUT2D eigenvalue weighted by atomic mass is 32.1. The Morgan fingerprint density at radius 2 is 2.04 bits per heavy atom. The molecule has 0 saturated heterocycles. The van der Waals surface area contributed by atoms with E-state index < -0.39 is 0 Å². The van der Waals surface area contributed by atoms with Crippen LogP contribution in [0.2, 0.25) is 0 Å². The monoisotopic (exact) mass is 394 g/mol. The summed E-state index contributed by atoms with van der Waals surface area (Å²) in [6.45, 7) is -0.145. The molecule has 0 aliphatic rings. The number of aromatic nitrogens is 2. The fourth-order valence-electron chi connectivity index (χ4n) is 2.63. The summed E-state index contributed by atoms with van der Waals surface area (Å²) in [5.41, 5.74) is 3.98. The fraction of sp³-hybridized carbons (Fsp3) is 0.0526. The lowest BCUT2D eigenvalue weighted by Crippen LogP contribution is -2.30. The molecule has 0 spiro atoms. The fourth-order valence-corrected chi connectivity index (χ4v) is 4.12. The Kier molecular flexibility index (Phi) is 4.91. The normalized spacial score (nSPS) is 11.3. The minimum atomic E-state index is -0.387. The van der Waals surface area contributed by atoms with Crippen LogP contribution in [0, 0.1) is 0 Å². The molecule has 134 valence electrons. The number of carbonyl (C=O) groups excluding carboxylic acids is 1. The number of carbonyl (C=O) groups is 1. The molecule has 0 aliphatic carbocycles. The largest absolute Gasteiger partial charge is 0.289 e. The van der Waals surface area contributed by atoms with Gasteiger partial charge in [-0.1, -0.05) is 36.4 Å². The standard InChI is InChI=1S/C19H14N4O2S2/c24-16(22-21-9-14-7-4-8-26-14)10-23-12-20-18-17(19(23)25)15(11-27-18)13-5-2-1-3-6-13/h1-9,11-12H,10H2,(H,22,24)/b21-9+. The summed E-state index contributed by atoms with van der Waals surface area (Å²) in [5.74, 6) is -0.387. The van der Waals surface area contributed by atoms with Gasteiger partial charge in [0.25, 0.3) is 11.5 Å². The molecule has 0 atom stereocenters. The zero-order valence-corrected chi connectivity index (χ0v) is 15.7. The zero-order chi connectivity index (χ0) is 18.6. The van der Waals surface area contributed by atoms with Crippen molar-refractivity contribution in [3.05, 3.63) is 74.8 Å². The lowest BCUT2D eigenvalue weighted by molar-refractivity contribution is -0.121. The van der Waals surface area contributed by atoms with E-state index in [2.05, 4.69) is 15.5 Å². The summed E-state index contributed by atoms with van der Waals surface area (Å²) in [6.07, 6.45) is 2.97. The first-order valence-electron chi connectivity index (χ1n) is 8.10. The van der Waals surface area contributed by atoms with E-state index in [1.807, 2.05) is 53.2 Å². The van der Waals surface area contributed by atoms with E-state index >= 15 is 0 Å². The molecule has 27 heavy (non-hydrogen) atoms. The van der Waals surface area contributed by atoms with E-state index in [-0.39, 0.29) is 18.0 Å². The molecule has 6 nitrogen and oxygen atoms in total. The molecule has 3 aromatic heterocycles. The van der Waals surface area contributed by atoms with E-state index in [0.717, 1.165) is 16.0 Å². The number of nitrogens with one attached hydrogen (secondary N) is 1. The molecule has 0 bridgehead atoms. The van der Waals surface area contributed by atoms with Gasteiger partial charge in [0, 0.05) is 15.8 Å². The number of thiophene rings is 2. The van der Waals surface area contributed by atoms with Crippen LogP contribution in [0.15, 0.2) is 69.4 Å². The number of fused-ring (bicyclic) bond motifs is 1. The first kappa shape index (κ1) is 17.3. The van der Waals surface area contributed by atoms with Crippen molar-refractivity contribution in [1.29, 1.82) is 0 Å². The Hall–Kier alpha value is -3.10. The third-order valence-electron chi connectivity index (χ3n) is 3.88. The van der Waals surface area contributed by atoms with Crippen LogP contribution in [-0.2, 0) is 11.3 Å². The number of rotatable bonds is 5. The van der Waals surface area contributed by atoms with Crippen molar-refractivity contribution in [3.8, 4) is 11.1 Å². The minimum absolute atomic E-state index is 0.145. The molecule has 3 heterocycles. The number of nitrogens with zero attached hydrogens (tertiary/aromatic N) is 3. The lowest BCUT2D eigenvalue weighted by atomic mass is 10.1. The average molecular weight is 394 g/mol. The van der Waals surface area contributed by atoms with E-state index in [1.54, 1.807) is 6.21 Å². The van der Waals surface area contributed by atoms with Crippen LogP contribution < -0.4 is 11.0 Å². The molecule has 8 heteroatoms. The number of amides is 1. The van der Waals surface area contributed by atoms with Gasteiger partial charge in [-0.2, -0.15) is 5.10 Å². The molecule has 1 amide bonds. The van der Waals surface area contributed by atoms with E-state index in [1.165, 1.54) is 33.6 Å². The SMILES string of the molecule is O=C(Cn1cnc2scc(-c3ccccc3)c2c1=O)N/N=C/c1cccs1. The maximum Gasteiger partial charge on any atom is 0.263 e. The van der Waals surface area contributed by atoms with Gasteiger partial charge in [0.05, 0.1) is 17.9 Å². The predicted octanol–water partition coefficient (Wildman–Crippen LogP) is 3.34. The van der Waals surface area contributed by atoms with Crippen molar-refractivity contribution in [2.75, 3.05) is 0 Å². The number of benzene rings is 1. The van der Waals surface area contributed by atoms with Crippen LogP contribution >= 0.6 is 22.7 Å². The van der Waals surface area contributed by atoms with Gasteiger partial charge < -0.3 is 0 Å². The predicted molar refractivity (Wildman–Crippen MR) is 109 cm³/mol. The molecule has 1 aromatic carbocycles. The maximum atomic E-state index is 12.9. The zero-order valence-electron chi connectivity index (χ0n) is 14.0. The van der Waals surface area contributed by atoms with Crippen LogP contribution in [-0.4, -0.2) is 21.7 Å². The van der Waals surface area contributed by atoms with Gasteiger partial charge in [-0.25, -0.2) is 10.4 Å². The molecule has 0 unspecified atom stereocenters. The second-order valence-corrected chi connectivity index (χ2v) is 7.52. The number of hydrogen-bond acceptors (Lipinski definition) is 6. The lowest BCUT2D eigenvalue weighted by Gasteiger charge is -2.05. The molecule has 0 radical (unpaired) electrons. The highest BCUT2D eigenvalue weighted by molar-refractivity contribution is 7.17. The summed E-state index contributed by atoms with van der Waals surface area (Å²) in [6, 6.07) is 13.5. The quantitative estimate of drug-likeness (QED) is 0.417. The van der Waals surface area contributed by atoms with Crippen LogP contribution in [0.1, 0.15) is 4.88 Å². The third-order valence-corrected chi connectivity index (χ3v) is 5.58. The van der Waals surface area contributed by atoms with E-state index in [9.17, 15) is 9.59 Å². The van der Waals surface area contributed by atoms with Gasteiger partial charge in [-0.3, -0.25) is 14.2 Å². The van der Waals surface area contributed by atoms with Gasteiger partial charge in [0.1, 0.15) is 11.4 Å². The number of hydrazone groups is 1. The van der Waals surface area contributed by atoms with Crippen LogP contribution in [0.25, 0.3) is 21.3 Å². The summed E-state index contributed by atoms with van der Waals surface area (Å²) in [7, 11) is 0. The van der Waals surface area contributed by atoms with Crippen molar-refractivity contribution >= 4 is 45.0 Å². The molecular formula is C19H14N4O2S2. The molecule has 4 aromatic rings. The Morgan fingerprint density at radius 1 is 1.19 bits per heavy atom. The van der Waals surface area contributed by atoms with Gasteiger partial charge in [0.2, 0.25) is 0 Å². The highest BCUT2D eigenvalue weighted by Gasteiger charge is 2.14. The highest BCUT2D eigenvalue weighted by Crippen LogP contribution is 2.30. The molecular weight excluding hydrogens is 380 g/mol. The minimum Gasteiger partial charge on any atom is -0.289 e. The molecule has 1 N–H and O–H groups in total. The van der Waals surface area contributed by atoms with E-state index in [0.29, 0.717) is 10.2 Å². The third kappa shape index (κ3) is 3.71. The van der Waals surface area contributed by atoms with Crippen molar-refractivity contribution in [1.82, 2.24) is 15.0 Å². The topological polar surface area (TPSA) is 76.3 Å². The Morgan fingerprint density at radius 3 is 2.81 bits per heavy atom. The first-order valence-corrected chi connectivity index (χ1v) is 9.86. The summed E-state index contributed by atoms with van der Waals surface area (Å²) < 4.78 is 1.30. The molecule has 0 fully saturated rings. The van der Waals surface area contributed by atoms with Crippen LogP contribution in [0.4, 0.5) is 0 Å². The molecule has 4 rings (SSSR count). The summed E-state index contributed by atoms with van der Waals surface area (Å²) in [4.78, 5) is 30.9. The average Bonchev–Trinajstić information content (AvgIpc) is 3.35. The van der Waals surface area contributed by atoms with Crippen molar-refractivity contribution in [2.45, 2.75) is 6.54 Å². The number of hydrogen-bond donors (Lipinski definition) is 1. The van der Waals surface area contributed by atoms with Crippen molar-refractivity contribution in [3.63, 3.8) is 0 Å². The van der Waals surface area contributed by atoms with Gasteiger partial charge in [0.15, 0.2) is 0 Å². The Labute approximate surface area is 162 Å².